The van der Waals surface area contributed by atoms with Crippen molar-refractivity contribution >= 4 is 17.5 Å². The fourth-order valence-corrected chi connectivity index (χ4v) is 2.13. The van der Waals surface area contributed by atoms with Crippen LogP contribution in [0, 0.1) is 0 Å². The molecule has 0 amide bonds. The van der Waals surface area contributed by atoms with E-state index in [1.165, 1.54) is 0 Å². The maximum absolute atomic E-state index is 9.68. The molecule has 0 aromatic carbocycles. The molecule has 0 unspecified atom stereocenters. The van der Waals surface area contributed by atoms with Crippen LogP contribution >= 0.6 is 11.6 Å². The molecule has 3 atom stereocenters. The Morgan fingerprint density at radius 1 is 1.56 bits per heavy atom. The van der Waals surface area contributed by atoms with E-state index in [2.05, 4.69) is 9.97 Å². The highest BCUT2D eigenvalue weighted by molar-refractivity contribution is 6.30. The van der Waals surface area contributed by atoms with Gasteiger partial charge >= 0.3 is 0 Å². The van der Waals surface area contributed by atoms with Crippen LogP contribution in [0.25, 0.3) is 0 Å². The molecule has 2 N–H and O–H groups in total. The maximum atomic E-state index is 9.68. The van der Waals surface area contributed by atoms with Gasteiger partial charge in [-0.05, 0) is 0 Å². The second-order valence-electron chi connectivity index (χ2n) is 4.46. The molecule has 2 heterocycles. The van der Waals surface area contributed by atoms with Crippen LogP contribution in [0.5, 0.6) is 0 Å². The third-order valence-corrected chi connectivity index (χ3v) is 3.21. The molecular weight excluding hydrogens is 258 g/mol. The number of rotatable bonds is 3. The quantitative estimate of drug-likeness (QED) is 0.775. The number of nitrogens with zero attached hydrogens (tertiary/aromatic N) is 3. The highest BCUT2D eigenvalue weighted by Gasteiger charge is 2.35. The Bertz CT molecular complexity index is 430. The lowest BCUT2D eigenvalue weighted by Crippen LogP contribution is -2.24. The van der Waals surface area contributed by atoms with Gasteiger partial charge in [-0.15, -0.1) is 0 Å². The van der Waals surface area contributed by atoms with E-state index >= 15 is 0 Å². The van der Waals surface area contributed by atoms with E-state index in [1.54, 1.807) is 11.1 Å². The van der Waals surface area contributed by atoms with Crippen molar-refractivity contribution in [1.82, 2.24) is 9.97 Å². The van der Waals surface area contributed by atoms with Crippen molar-refractivity contribution < 1.29 is 14.9 Å². The van der Waals surface area contributed by atoms with Gasteiger partial charge in [0.05, 0.1) is 18.8 Å². The van der Waals surface area contributed by atoms with Crippen LogP contribution in [-0.4, -0.2) is 53.1 Å². The molecule has 100 valence electrons. The van der Waals surface area contributed by atoms with E-state index in [-0.39, 0.29) is 12.7 Å². The monoisotopic (exact) mass is 273 g/mol. The van der Waals surface area contributed by atoms with Gasteiger partial charge < -0.3 is 19.8 Å². The van der Waals surface area contributed by atoms with Crippen molar-refractivity contribution in [2.24, 2.45) is 0 Å². The zero-order chi connectivity index (χ0) is 13.3. The van der Waals surface area contributed by atoms with Crippen molar-refractivity contribution in [1.29, 1.82) is 0 Å². The summed E-state index contributed by atoms with van der Waals surface area (Å²) in [6.45, 7) is -0.216. The number of hydrogen-bond donors (Lipinski definition) is 2. The Balaban J connectivity index is 2.20. The Kier molecular flexibility index (Phi) is 4.01. The minimum absolute atomic E-state index is 0.216. The largest absolute Gasteiger partial charge is 0.394 e. The van der Waals surface area contributed by atoms with Crippen LogP contribution in [-0.2, 0) is 4.74 Å². The normalized spacial score (nSPS) is 27.5. The SMILES string of the molecule is CN(C)c1ncc([C@H]2C[C@H](O)[C@@H](CO)O2)c(Cl)n1. The van der Waals surface area contributed by atoms with Crippen LogP contribution in [0.4, 0.5) is 5.95 Å². The fourth-order valence-electron chi connectivity index (χ4n) is 1.89. The van der Waals surface area contributed by atoms with Crippen molar-refractivity contribution in [2.75, 3.05) is 25.6 Å². The molecule has 18 heavy (non-hydrogen) atoms. The van der Waals surface area contributed by atoms with Gasteiger partial charge in [0.25, 0.3) is 0 Å². The molecule has 6 nitrogen and oxygen atoms in total. The van der Waals surface area contributed by atoms with Crippen LogP contribution in [0.3, 0.4) is 0 Å². The molecule has 1 saturated heterocycles. The van der Waals surface area contributed by atoms with Crippen LogP contribution in [0.2, 0.25) is 5.15 Å². The fraction of sp³-hybridized carbons (Fsp3) is 0.636. The lowest BCUT2D eigenvalue weighted by atomic mass is 10.1. The van der Waals surface area contributed by atoms with Gasteiger partial charge in [-0.3, -0.25) is 0 Å². The molecule has 1 aliphatic rings. The van der Waals surface area contributed by atoms with Crippen LogP contribution < -0.4 is 4.90 Å². The summed E-state index contributed by atoms with van der Waals surface area (Å²) in [6.07, 6.45) is 0.349. The zero-order valence-corrected chi connectivity index (χ0v) is 11.0. The van der Waals surface area contributed by atoms with E-state index in [1.807, 2.05) is 14.1 Å². The van der Waals surface area contributed by atoms with Crippen LogP contribution in [0.15, 0.2) is 6.20 Å². The molecule has 0 saturated carbocycles. The Hall–Kier alpha value is -0.950. The molecule has 1 fully saturated rings. The topological polar surface area (TPSA) is 78.7 Å². The van der Waals surface area contributed by atoms with Crippen molar-refractivity contribution in [3.05, 3.63) is 16.9 Å². The first-order valence-corrected chi connectivity index (χ1v) is 6.05. The average molecular weight is 274 g/mol. The van der Waals surface area contributed by atoms with Gasteiger partial charge in [0, 0.05) is 32.3 Å². The summed E-state index contributed by atoms with van der Waals surface area (Å²) in [5, 5.41) is 19.0. The molecule has 1 aromatic rings. The first-order valence-electron chi connectivity index (χ1n) is 5.67. The summed E-state index contributed by atoms with van der Waals surface area (Å²) in [5.41, 5.74) is 0.636. The van der Waals surface area contributed by atoms with Crippen molar-refractivity contribution in [3.8, 4) is 0 Å². The predicted molar refractivity (Wildman–Crippen MR) is 66.7 cm³/mol. The van der Waals surface area contributed by atoms with E-state index in [4.69, 9.17) is 21.4 Å². The standard InChI is InChI=1S/C11H16ClN3O3/c1-15(2)11-13-4-6(10(12)14-11)8-3-7(17)9(5-16)18-8/h4,7-9,16-17H,3,5H2,1-2H3/t7-,8+,9+/m0/s1. The second kappa shape index (κ2) is 5.36. The van der Waals surface area contributed by atoms with E-state index in [0.717, 1.165) is 0 Å². The average Bonchev–Trinajstić information content (AvgIpc) is 2.70. The molecule has 0 spiro atoms. The summed E-state index contributed by atoms with van der Waals surface area (Å²) in [6, 6.07) is 0. The summed E-state index contributed by atoms with van der Waals surface area (Å²) in [4.78, 5) is 10.1. The Morgan fingerprint density at radius 3 is 2.78 bits per heavy atom. The summed E-state index contributed by atoms with van der Waals surface area (Å²) in [7, 11) is 3.64. The molecular formula is C11H16ClN3O3. The maximum Gasteiger partial charge on any atom is 0.226 e. The highest BCUT2D eigenvalue weighted by atomic mass is 35.5. The number of aliphatic hydroxyl groups excluding tert-OH is 2. The number of anilines is 1. The summed E-state index contributed by atoms with van der Waals surface area (Å²) in [5.74, 6) is 0.515. The molecule has 0 bridgehead atoms. The number of halogens is 1. The number of hydrogen-bond acceptors (Lipinski definition) is 6. The number of aromatic nitrogens is 2. The van der Waals surface area contributed by atoms with Crippen LogP contribution in [0.1, 0.15) is 18.1 Å². The lowest BCUT2D eigenvalue weighted by Gasteiger charge is -2.15. The van der Waals surface area contributed by atoms with E-state index in [0.29, 0.717) is 23.1 Å². The third kappa shape index (κ3) is 2.56. The van der Waals surface area contributed by atoms with Gasteiger partial charge in [-0.2, -0.15) is 0 Å². The van der Waals surface area contributed by atoms with E-state index in [9.17, 15) is 5.11 Å². The molecule has 7 heteroatoms. The van der Waals surface area contributed by atoms with E-state index < -0.39 is 12.2 Å². The summed E-state index contributed by atoms with van der Waals surface area (Å²) >= 11 is 6.09. The molecule has 0 radical (unpaired) electrons. The molecule has 2 rings (SSSR count). The Morgan fingerprint density at radius 2 is 2.28 bits per heavy atom. The van der Waals surface area contributed by atoms with Gasteiger partial charge in [0.15, 0.2) is 0 Å². The lowest BCUT2D eigenvalue weighted by molar-refractivity contribution is -0.0226. The third-order valence-electron chi connectivity index (χ3n) is 2.91. The minimum Gasteiger partial charge on any atom is -0.394 e. The molecule has 1 aliphatic heterocycles. The van der Waals surface area contributed by atoms with Crippen molar-refractivity contribution in [2.45, 2.75) is 24.7 Å². The van der Waals surface area contributed by atoms with Gasteiger partial charge in [-0.25, -0.2) is 9.97 Å². The first kappa shape index (κ1) is 13.5. The molecule has 1 aromatic heterocycles. The summed E-state index contributed by atoms with van der Waals surface area (Å²) < 4.78 is 5.51. The first-order chi connectivity index (χ1) is 8.52. The second-order valence-corrected chi connectivity index (χ2v) is 4.82. The highest BCUT2D eigenvalue weighted by Crippen LogP contribution is 2.35. The predicted octanol–water partition coefficient (Wildman–Crippen LogP) is 0.379. The number of aliphatic hydroxyl groups is 2. The van der Waals surface area contributed by atoms with Crippen molar-refractivity contribution in [3.63, 3.8) is 0 Å². The van der Waals surface area contributed by atoms with Gasteiger partial charge in [0.2, 0.25) is 5.95 Å². The Labute approximate surface area is 110 Å². The molecule has 0 aliphatic carbocycles. The smallest absolute Gasteiger partial charge is 0.226 e. The number of ether oxygens (including phenoxy) is 1. The van der Waals surface area contributed by atoms with Gasteiger partial charge in [-0.1, -0.05) is 11.6 Å². The van der Waals surface area contributed by atoms with Gasteiger partial charge in [0.1, 0.15) is 11.3 Å². The minimum atomic E-state index is -0.690. The zero-order valence-electron chi connectivity index (χ0n) is 10.2.